The van der Waals surface area contributed by atoms with Crippen molar-refractivity contribution >= 4 is 31.7 Å². The van der Waals surface area contributed by atoms with E-state index in [0.717, 1.165) is 10.0 Å². The molecule has 0 aromatic heterocycles. The molecule has 5 nitrogen and oxygen atoms in total. The van der Waals surface area contributed by atoms with Crippen LogP contribution in [-0.2, 0) is 14.6 Å². The van der Waals surface area contributed by atoms with Crippen LogP contribution in [0, 0.1) is 0 Å². The molecule has 1 N–H and O–H groups in total. The van der Waals surface area contributed by atoms with E-state index in [1.807, 2.05) is 19.1 Å². The summed E-state index contributed by atoms with van der Waals surface area (Å²) in [5, 5.41) is 2.90. The van der Waals surface area contributed by atoms with Gasteiger partial charge < -0.3 is 10.1 Å². The summed E-state index contributed by atoms with van der Waals surface area (Å²) in [6.45, 7) is 1.87. The van der Waals surface area contributed by atoms with Crippen molar-refractivity contribution in [2.75, 3.05) is 12.9 Å². The molecule has 2 rings (SSSR count). The second-order valence-electron chi connectivity index (χ2n) is 5.61. The van der Waals surface area contributed by atoms with Gasteiger partial charge in [0.05, 0.1) is 10.9 Å². The van der Waals surface area contributed by atoms with Gasteiger partial charge in [0, 0.05) is 10.7 Å². The Morgan fingerprint density at radius 1 is 1.12 bits per heavy atom. The molecule has 1 amide bonds. The van der Waals surface area contributed by atoms with E-state index < -0.39 is 9.84 Å². The van der Waals surface area contributed by atoms with Crippen molar-refractivity contribution in [3.63, 3.8) is 0 Å². The lowest BCUT2D eigenvalue weighted by Crippen LogP contribution is -2.32. The molecule has 0 heterocycles. The zero-order valence-electron chi connectivity index (χ0n) is 14.0. The lowest BCUT2D eigenvalue weighted by molar-refractivity contribution is -0.123. The van der Waals surface area contributed by atoms with Crippen LogP contribution >= 0.6 is 15.9 Å². The Morgan fingerprint density at radius 3 is 2.24 bits per heavy atom. The predicted octanol–water partition coefficient (Wildman–Crippen LogP) is 3.50. The van der Waals surface area contributed by atoms with Gasteiger partial charge >= 0.3 is 0 Å². The van der Waals surface area contributed by atoms with Gasteiger partial charge in [-0.15, -0.1) is 0 Å². The number of benzene rings is 2. The van der Waals surface area contributed by atoms with E-state index in [2.05, 4.69) is 21.2 Å². The topological polar surface area (TPSA) is 72.5 Å². The number of rotatable bonds is 7. The van der Waals surface area contributed by atoms with Crippen LogP contribution in [0.1, 0.15) is 24.9 Å². The predicted molar refractivity (Wildman–Crippen MR) is 100 cm³/mol. The number of hydrogen-bond acceptors (Lipinski definition) is 4. The Hall–Kier alpha value is -1.86. The van der Waals surface area contributed by atoms with Gasteiger partial charge in [0.1, 0.15) is 5.75 Å². The molecule has 25 heavy (non-hydrogen) atoms. The van der Waals surface area contributed by atoms with Crippen LogP contribution in [0.3, 0.4) is 0 Å². The van der Waals surface area contributed by atoms with Crippen molar-refractivity contribution in [2.45, 2.75) is 24.3 Å². The van der Waals surface area contributed by atoms with Crippen LogP contribution in [0.5, 0.6) is 5.75 Å². The summed E-state index contributed by atoms with van der Waals surface area (Å²) in [5.41, 5.74) is 0.854. The molecule has 0 fully saturated rings. The first-order valence-electron chi connectivity index (χ1n) is 7.77. The van der Waals surface area contributed by atoms with Gasteiger partial charge in [-0.05, 0) is 48.4 Å². The van der Waals surface area contributed by atoms with Crippen LogP contribution in [0.25, 0.3) is 0 Å². The highest BCUT2D eigenvalue weighted by atomic mass is 79.9. The standard InChI is InChI=1S/C18H20BrNO4S/c1-3-17(13-4-10-16(11-5-13)25(2,22)23)20-18(21)12-24-15-8-6-14(19)7-9-15/h4-11,17H,3,12H2,1-2H3,(H,20,21)/t17-/m1/s1. The largest absolute Gasteiger partial charge is 0.484 e. The first kappa shape index (κ1) is 19.5. The van der Waals surface area contributed by atoms with Gasteiger partial charge in [0.25, 0.3) is 5.91 Å². The number of amides is 1. The third-order valence-corrected chi connectivity index (χ3v) is 5.29. The maximum absolute atomic E-state index is 12.1. The first-order valence-corrected chi connectivity index (χ1v) is 10.5. The van der Waals surface area contributed by atoms with Crippen LogP contribution < -0.4 is 10.1 Å². The SMILES string of the molecule is CC[C@@H](NC(=O)COc1ccc(Br)cc1)c1ccc(S(C)(=O)=O)cc1. The summed E-state index contributed by atoms with van der Waals surface area (Å²) in [7, 11) is -3.23. The maximum atomic E-state index is 12.1. The molecule has 0 radical (unpaired) electrons. The van der Waals surface area contributed by atoms with E-state index in [-0.39, 0.29) is 23.5 Å². The Kier molecular flexibility index (Phi) is 6.61. The minimum absolute atomic E-state index is 0.0838. The van der Waals surface area contributed by atoms with Crippen LogP contribution in [0.2, 0.25) is 0 Å². The molecule has 0 saturated carbocycles. The quantitative estimate of drug-likeness (QED) is 0.736. The van der Waals surface area contributed by atoms with Crippen LogP contribution in [0.4, 0.5) is 0 Å². The van der Waals surface area contributed by atoms with Crippen molar-refractivity contribution < 1.29 is 17.9 Å². The Balaban J connectivity index is 1.96. The summed E-state index contributed by atoms with van der Waals surface area (Å²) in [6, 6.07) is 13.6. The summed E-state index contributed by atoms with van der Waals surface area (Å²) < 4.78 is 29.4. The summed E-state index contributed by atoms with van der Waals surface area (Å²) in [5.74, 6) is 0.380. The number of carbonyl (C=O) groups is 1. The molecule has 2 aromatic rings. The van der Waals surface area contributed by atoms with Crippen molar-refractivity contribution in [3.05, 3.63) is 58.6 Å². The van der Waals surface area contributed by atoms with Gasteiger partial charge in [-0.1, -0.05) is 35.0 Å². The minimum atomic E-state index is -3.23. The van der Waals surface area contributed by atoms with E-state index in [4.69, 9.17) is 4.74 Å². The van der Waals surface area contributed by atoms with E-state index in [1.165, 1.54) is 6.26 Å². The molecule has 0 spiro atoms. The molecule has 0 saturated heterocycles. The molecule has 7 heteroatoms. The van der Waals surface area contributed by atoms with E-state index >= 15 is 0 Å². The average molecular weight is 426 g/mol. The molecule has 0 unspecified atom stereocenters. The van der Waals surface area contributed by atoms with Gasteiger partial charge in [-0.3, -0.25) is 4.79 Å². The molecule has 0 aliphatic carbocycles. The van der Waals surface area contributed by atoms with Gasteiger partial charge in [-0.25, -0.2) is 8.42 Å². The van der Waals surface area contributed by atoms with Gasteiger partial charge in [-0.2, -0.15) is 0 Å². The minimum Gasteiger partial charge on any atom is -0.484 e. The molecule has 0 aliphatic rings. The number of halogens is 1. The number of nitrogens with one attached hydrogen (secondary N) is 1. The fourth-order valence-corrected chi connectivity index (χ4v) is 3.18. The first-order chi connectivity index (χ1) is 11.8. The van der Waals surface area contributed by atoms with Crippen molar-refractivity contribution in [2.24, 2.45) is 0 Å². The van der Waals surface area contributed by atoms with Crippen LogP contribution in [-0.4, -0.2) is 27.2 Å². The molecule has 0 bridgehead atoms. The third kappa shape index (κ3) is 5.86. The van der Waals surface area contributed by atoms with Gasteiger partial charge in [0.2, 0.25) is 0 Å². The lowest BCUT2D eigenvalue weighted by Gasteiger charge is -2.18. The summed E-state index contributed by atoms with van der Waals surface area (Å²) >= 11 is 3.34. The highest BCUT2D eigenvalue weighted by Gasteiger charge is 2.14. The molecule has 1 atom stereocenters. The van der Waals surface area contributed by atoms with Crippen molar-refractivity contribution in [3.8, 4) is 5.75 Å². The normalized spacial score (nSPS) is 12.4. The molecule has 134 valence electrons. The smallest absolute Gasteiger partial charge is 0.258 e. The fourth-order valence-electron chi connectivity index (χ4n) is 2.28. The highest BCUT2D eigenvalue weighted by molar-refractivity contribution is 9.10. The fraction of sp³-hybridized carbons (Fsp3) is 0.278. The van der Waals surface area contributed by atoms with Crippen LogP contribution in [0.15, 0.2) is 57.9 Å². The highest BCUT2D eigenvalue weighted by Crippen LogP contribution is 2.19. The van der Waals surface area contributed by atoms with Crippen molar-refractivity contribution in [1.29, 1.82) is 0 Å². The number of sulfone groups is 1. The average Bonchev–Trinajstić information content (AvgIpc) is 2.58. The monoisotopic (exact) mass is 425 g/mol. The lowest BCUT2D eigenvalue weighted by atomic mass is 10.0. The molecule has 2 aromatic carbocycles. The second-order valence-corrected chi connectivity index (χ2v) is 8.54. The third-order valence-electron chi connectivity index (χ3n) is 3.64. The molecular formula is C18H20BrNO4S. The number of carbonyl (C=O) groups excluding carboxylic acids is 1. The van der Waals surface area contributed by atoms with Gasteiger partial charge in [0.15, 0.2) is 16.4 Å². The summed E-state index contributed by atoms with van der Waals surface area (Å²) in [6.07, 6.45) is 1.85. The maximum Gasteiger partial charge on any atom is 0.258 e. The van der Waals surface area contributed by atoms with E-state index in [9.17, 15) is 13.2 Å². The van der Waals surface area contributed by atoms with Crippen molar-refractivity contribution in [1.82, 2.24) is 5.32 Å². The Bertz CT molecular complexity index is 817. The van der Waals surface area contributed by atoms with E-state index in [1.54, 1.807) is 36.4 Å². The zero-order chi connectivity index (χ0) is 18.4. The second kappa shape index (κ2) is 8.49. The number of hydrogen-bond donors (Lipinski definition) is 1. The molecular weight excluding hydrogens is 406 g/mol. The zero-order valence-corrected chi connectivity index (χ0v) is 16.4. The summed E-state index contributed by atoms with van der Waals surface area (Å²) in [4.78, 5) is 12.4. The molecule has 0 aliphatic heterocycles. The Morgan fingerprint density at radius 2 is 1.72 bits per heavy atom. The number of ether oxygens (including phenoxy) is 1. The Labute approximate surface area is 156 Å². The van der Waals surface area contributed by atoms with E-state index in [0.29, 0.717) is 12.2 Å².